The number of esters is 1. The van der Waals surface area contributed by atoms with Crippen molar-refractivity contribution in [2.45, 2.75) is 19.0 Å². The third kappa shape index (κ3) is 4.15. The number of carbonyl (C=O) groups excluding carboxylic acids is 3. The van der Waals surface area contributed by atoms with Crippen LogP contribution in [-0.4, -0.2) is 50.9 Å². The summed E-state index contributed by atoms with van der Waals surface area (Å²) in [5.74, 6) is -2.29. The number of rotatable bonds is 8. The SMILES string of the molecule is COC(=O)c1ccc(C2C(C(=O)c3cc4ccccc4o3)=C(O)C(=O)N2CCCn2ccnc2)cc1. The van der Waals surface area contributed by atoms with E-state index in [-0.39, 0.29) is 17.9 Å². The van der Waals surface area contributed by atoms with Gasteiger partial charge in [-0.25, -0.2) is 9.78 Å². The van der Waals surface area contributed by atoms with Crippen molar-refractivity contribution in [1.82, 2.24) is 14.5 Å². The zero-order valence-corrected chi connectivity index (χ0v) is 19.5. The summed E-state index contributed by atoms with van der Waals surface area (Å²) in [6.45, 7) is 0.882. The van der Waals surface area contributed by atoms with E-state index in [2.05, 4.69) is 4.98 Å². The molecule has 1 unspecified atom stereocenters. The highest BCUT2D eigenvalue weighted by Gasteiger charge is 2.44. The van der Waals surface area contributed by atoms with Crippen LogP contribution in [0.25, 0.3) is 11.0 Å². The first kappa shape index (κ1) is 23.1. The summed E-state index contributed by atoms with van der Waals surface area (Å²) >= 11 is 0. The molecule has 4 aromatic rings. The molecule has 0 aliphatic carbocycles. The molecule has 0 fully saturated rings. The standard InChI is InChI=1S/C27H23N3O6/c1-35-27(34)18-9-7-17(8-10-18)23-22(24(31)21-15-19-5-2-3-6-20(19)36-21)25(32)26(33)30(23)13-4-12-29-14-11-28-16-29/h2-3,5-11,14-16,23,32H,4,12-13H2,1H3. The minimum Gasteiger partial charge on any atom is -0.503 e. The van der Waals surface area contributed by atoms with Gasteiger partial charge in [-0.2, -0.15) is 0 Å². The summed E-state index contributed by atoms with van der Waals surface area (Å²) < 4.78 is 12.4. The molecule has 9 nitrogen and oxygen atoms in total. The number of hydrogen-bond acceptors (Lipinski definition) is 7. The summed E-state index contributed by atoms with van der Waals surface area (Å²) in [6, 6.07) is 14.4. The Morgan fingerprint density at radius 3 is 2.58 bits per heavy atom. The van der Waals surface area contributed by atoms with Crippen molar-refractivity contribution in [3.8, 4) is 0 Å². The third-order valence-electron chi connectivity index (χ3n) is 6.22. The number of aliphatic hydroxyl groups excluding tert-OH is 1. The maximum atomic E-state index is 13.6. The lowest BCUT2D eigenvalue weighted by Gasteiger charge is -2.27. The van der Waals surface area contributed by atoms with Crippen LogP contribution in [0.1, 0.15) is 38.9 Å². The molecule has 0 spiro atoms. The van der Waals surface area contributed by atoms with Crippen molar-refractivity contribution in [2.75, 3.05) is 13.7 Å². The number of Topliss-reactive ketones (excluding diaryl/α,β-unsaturated/α-hetero) is 1. The number of ether oxygens (including phenoxy) is 1. The number of ketones is 1. The van der Waals surface area contributed by atoms with Gasteiger partial charge in [0.15, 0.2) is 11.5 Å². The van der Waals surface area contributed by atoms with Crippen LogP contribution in [-0.2, 0) is 16.1 Å². The van der Waals surface area contributed by atoms with Crippen LogP contribution in [0.2, 0.25) is 0 Å². The van der Waals surface area contributed by atoms with Gasteiger partial charge in [-0.3, -0.25) is 9.59 Å². The van der Waals surface area contributed by atoms with E-state index in [0.717, 1.165) is 5.39 Å². The number of hydrogen-bond donors (Lipinski definition) is 1. The smallest absolute Gasteiger partial charge is 0.337 e. The number of aromatic nitrogens is 2. The van der Waals surface area contributed by atoms with Gasteiger partial charge in [-0.15, -0.1) is 0 Å². The molecule has 3 heterocycles. The number of imidazole rings is 1. The first-order valence-corrected chi connectivity index (χ1v) is 11.4. The van der Waals surface area contributed by atoms with E-state index in [4.69, 9.17) is 9.15 Å². The van der Waals surface area contributed by atoms with Crippen LogP contribution in [0.4, 0.5) is 0 Å². The maximum absolute atomic E-state index is 13.6. The maximum Gasteiger partial charge on any atom is 0.337 e. The molecule has 1 amide bonds. The van der Waals surface area contributed by atoms with E-state index >= 15 is 0 Å². The number of para-hydroxylation sites is 1. The van der Waals surface area contributed by atoms with Crippen LogP contribution in [0, 0.1) is 0 Å². The first-order valence-electron chi connectivity index (χ1n) is 11.4. The molecule has 36 heavy (non-hydrogen) atoms. The zero-order chi connectivity index (χ0) is 25.2. The molecule has 0 radical (unpaired) electrons. The highest BCUT2D eigenvalue weighted by Crippen LogP contribution is 2.39. The van der Waals surface area contributed by atoms with Crippen molar-refractivity contribution in [2.24, 2.45) is 0 Å². The Morgan fingerprint density at radius 1 is 1.11 bits per heavy atom. The zero-order valence-electron chi connectivity index (χ0n) is 19.5. The third-order valence-corrected chi connectivity index (χ3v) is 6.22. The molecule has 0 bridgehead atoms. The van der Waals surface area contributed by atoms with E-state index in [1.807, 2.05) is 22.9 Å². The molecular formula is C27H23N3O6. The lowest BCUT2D eigenvalue weighted by atomic mass is 9.94. The molecule has 1 N–H and O–H groups in total. The summed E-state index contributed by atoms with van der Waals surface area (Å²) in [7, 11) is 1.29. The van der Waals surface area contributed by atoms with Gasteiger partial charge in [-0.1, -0.05) is 30.3 Å². The molecule has 1 aliphatic rings. The molecular weight excluding hydrogens is 462 g/mol. The second kappa shape index (κ2) is 9.53. The molecule has 2 aromatic heterocycles. The van der Waals surface area contributed by atoms with Gasteiger partial charge in [-0.05, 0) is 36.2 Å². The van der Waals surface area contributed by atoms with Gasteiger partial charge >= 0.3 is 5.97 Å². The number of methoxy groups -OCH3 is 1. The molecule has 0 saturated heterocycles. The van der Waals surface area contributed by atoms with Gasteiger partial charge < -0.3 is 23.7 Å². The predicted octanol–water partition coefficient (Wildman–Crippen LogP) is 4.08. The molecule has 1 aliphatic heterocycles. The molecule has 1 atom stereocenters. The average Bonchev–Trinajstić information content (AvgIpc) is 3.63. The van der Waals surface area contributed by atoms with Crippen molar-refractivity contribution in [3.63, 3.8) is 0 Å². The number of benzene rings is 2. The highest BCUT2D eigenvalue weighted by molar-refractivity contribution is 6.16. The quantitative estimate of drug-likeness (QED) is 0.295. The Balaban J connectivity index is 1.50. The van der Waals surface area contributed by atoms with Crippen molar-refractivity contribution in [3.05, 3.63) is 102 Å². The fourth-order valence-corrected chi connectivity index (χ4v) is 4.45. The molecule has 5 rings (SSSR count). The fourth-order valence-electron chi connectivity index (χ4n) is 4.45. The largest absolute Gasteiger partial charge is 0.503 e. The van der Waals surface area contributed by atoms with Gasteiger partial charge in [0.25, 0.3) is 5.91 Å². The van der Waals surface area contributed by atoms with E-state index in [1.54, 1.807) is 55.0 Å². The van der Waals surface area contributed by atoms with E-state index in [1.165, 1.54) is 12.0 Å². The summed E-state index contributed by atoms with van der Waals surface area (Å²) in [6.07, 6.45) is 5.74. The van der Waals surface area contributed by atoms with Crippen molar-refractivity contribution in [1.29, 1.82) is 0 Å². The Hall–Kier alpha value is -4.66. The minimum atomic E-state index is -0.854. The number of fused-ring (bicyclic) bond motifs is 1. The molecule has 2 aromatic carbocycles. The second-order valence-electron chi connectivity index (χ2n) is 8.41. The molecule has 9 heteroatoms. The number of furan rings is 1. The van der Waals surface area contributed by atoms with Gasteiger partial charge in [0.05, 0.1) is 30.6 Å². The van der Waals surface area contributed by atoms with E-state index in [9.17, 15) is 19.5 Å². The van der Waals surface area contributed by atoms with E-state index in [0.29, 0.717) is 29.7 Å². The van der Waals surface area contributed by atoms with Gasteiger partial charge in [0.1, 0.15) is 5.58 Å². The number of carbonyl (C=O) groups is 3. The highest BCUT2D eigenvalue weighted by atomic mass is 16.5. The topological polar surface area (TPSA) is 115 Å². The number of aryl methyl sites for hydroxylation is 1. The van der Waals surface area contributed by atoms with Crippen LogP contribution < -0.4 is 0 Å². The lowest BCUT2D eigenvalue weighted by molar-refractivity contribution is -0.129. The Bertz CT molecular complexity index is 1430. The van der Waals surface area contributed by atoms with Crippen molar-refractivity contribution >= 4 is 28.6 Å². The monoisotopic (exact) mass is 485 g/mol. The fraction of sp³-hybridized carbons (Fsp3) is 0.185. The minimum absolute atomic E-state index is 0.0296. The van der Waals surface area contributed by atoms with Crippen LogP contribution in [0.5, 0.6) is 0 Å². The lowest BCUT2D eigenvalue weighted by Crippen LogP contribution is -2.32. The van der Waals surface area contributed by atoms with Crippen molar-refractivity contribution < 1.29 is 28.6 Å². The normalized spacial score (nSPS) is 15.6. The first-order chi connectivity index (χ1) is 17.5. The van der Waals surface area contributed by atoms with Crippen LogP contribution >= 0.6 is 0 Å². The Labute approximate surface area is 206 Å². The second-order valence-corrected chi connectivity index (χ2v) is 8.41. The van der Waals surface area contributed by atoms with Crippen LogP contribution in [0.15, 0.2) is 89.1 Å². The average molecular weight is 485 g/mol. The Kier molecular flexibility index (Phi) is 6.12. The summed E-state index contributed by atoms with van der Waals surface area (Å²) in [4.78, 5) is 44.2. The van der Waals surface area contributed by atoms with Gasteiger partial charge in [0.2, 0.25) is 5.78 Å². The molecule has 182 valence electrons. The molecule has 0 saturated carbocycles. The van der Waals surface area contributed by atoms with Crippen LogP contribution in [0.3, 0.4) is 0 Å². The Morgan fingerprint density at radius 2 is 1.89 bits per heavy atom. The predicted molar refractivity (Wildman–Crippen MR) is 129 cm³/mol. The summed E-state index contributed by atoms with van der Waals surface area (Å²) in [5.41, 5.74) is 1.37. The summed E-state index contributed by atoms with van der Waals surface area (Å²) in [5, 5.41) is 11.6. The number of aliphatic hydroxyl groups is 1. The number of amides is 1. The van der Waals surface area contributed by atoms with Gasteiger partial charge in [0, 0.05) is 30.9 Å². The number of nitrogens with zero attached hydrogens (tertiary/aromatic N) is 3. The van der Waals surface area contributed by atoms with E-state index < -0.39 is 29.5 Å².